The molecule has 3 aromatic carbocycles. The van der Waals surface area contributed by atoms with Gasteiger partial charge in [0, 0.05) is 21.6 Å². The van der Waals surface area contributed by atoms with E-state index < -0.39 is 0 Å². The maximum atomic E-state index is 6.59. The number of amidine groups is 1. The Hall–Kier alpha value is -2.30. The van der Waals surface area contributed by atoms with E-state index in [0.717, 1.165) is 58.1 Å². The summed E-state index contributed by atoms with van der Waals surface area (Å²) in [6.07, 6.45) is 1.72. The molecule has 0 aromatic heterocycles. The number of hydrogen-bond acceptors (Lipinski definition) is 3. The molecule has 0 aliphatic carbocycles. The summed E-state index contributed by atoms with van der Waals surface area (Å²) < 4.78 is 6.37. The highest BCUT2D eigenvalue weighted by atomic mass is 79.9. The first-order valence-electron chi connectivity index (χ1n) is 9.64. The Morgan fingerprint density at radius 1 is 1.03 bits per heavy atom. The van der Waals surface area contributed by atoms with Crippen LogP contribution in [-0.2, 0) is 12.8 Å². The maximum Gasteiger partial charge on any atom is 0.128 e. The minimum Gasteiger partial charge on any atom is -0.497 e. The van der Waals surface area contributed by atoms with Crippen molar-refractivity contribution in [3.63, 3.8) is 0 Å². The van der Waals surface area contributed by atoms with Crippen molar-refractivity contribution in [1.29, 1.82) is 0 Å². The van der Waals surface area contributed by atoms with Gasteiger partial charge in [-0.25, -0.2) is 0 Å². The Morgan fingerprint density at radius 3 is 2.59 bits per heavy atom. The third kappa shape index (κ3) is 4.49. The lowest BCUT2D eigenvalue weighted by molar-refractivity contribution is 0.415. The fourth-order valence-electron chi connectivity index (χ4n) is 3.69. The van der Waals surface area contributed by atoms with Crippen molar-refractivity contribution in [1.82, 2.24) is 5.32 Å². The third-order valence-corrected chi connectivity index (χ3v) is 6.01. The van der Waals surface area contributed by atoms with Crippen LogP contribution in [0.5, 0.6) is 5.75 Å². The predicted molar refractivity (Wildman–Crippen MR) is 124 cm³/mol. The fraction of sp³-hybridized carbons (Fsp3) is 0.208. The average Bonchev–Trinajstić information content (AvgIpc) is 3.28. The Bertz CT molecular complexity index is 1050. The first kappa shape index (κ1) is 20.0. The summed E-state index contributed by atoms with van der Waals surface area (Å²) in [6.45, 7) is 1.70. The van der Waals surface area contributed by atoms with Gasteiger partial charge in [-0.1, -0.05) is 57.9 Å². The molecule has 148 valence electrons. The van der Waals surface area contributed by atoms with Gasteiger partial charge in [-0.05, 0) is 65.4 Å². The molecule has 1 heterocycles. The summed E-state index contributed by atoms with van der Waals surface area (Å²) in [5.41, 5.74) is 5.92. The Kier molecular flexibility index (Phi) is 6.22. The highest BCUT2D eigenvalue weighted by molar-refractivity contribution is 9.10. The largest absolute Gasteiger partial charge is 0.497 e. The van der Waals surface area contributed by atoms with Crippen LogP contribution in [0.4, 0.5) is 0 Å². The van der Waals surface area contributed by atoms with Crippen LogP contribution in [0.1, 0.15) is 16.7 Å². The van der Waals surface area contributed by atoms with E-state index in [4.69, 9.17) is 16.3 Å². The lowest BCUT2D eigenvalue weighted by Gasteiger charge is -2.15. The molecule has 0 fully saturated rings. The number of methoxy groups -OCH3 is 1. The minimum absolute atomic E-state index is 0.792. The molecule has 1 aliphatic heterocycles. The Labute approximate surface area is 184 Å². The molecule has 3 nitrogen and oxygen atoms in total. The van der Waals surface area contributed by atoms with Crippen LogP contribution in [-0.4, -0.2) is 26.0 Å². The van der Waals surface area contributed by atoms with Crippen LogP contribution in [0, 0.1) is 0 Å². The van der Waals surface area contributed by atoms with E-state index in [1.165, 1.54) is 16.7 Å². The lowest BCUT2D eigenvalue weighted by atomic mass is 9.93. The van der Waals surface area contributed by atoms with Crippen LogP contribution in [0.15, 0.2) is 70.1 Å². The molecule has 0 bridgehead atoms. The highest BCUT2D eigenvalue weighted by Crippen LogP contribution is 2.30. The number of aliphatic imine (C=N–C) groups is 1. The van der Waals surface area contributed by atoms with Crippen molar-refractivity contribution in [2.45, 2.75) is 12.8 Å². The average molecular weight is 470 g/mol. The standard InChI is InChI=1S/C24H22BrClN2O/c1-29-19-9-5-16(6-10-19)20-12-8-18(25)15-17(20)7-11-21-22(3-2-4-23(21)26)24-27-13-14-28-24/h2-6,8-10,12,15H,7,11,13-14H2,1H3,(H,27,28). The molecular formula is C24H22BrClN2O. The van der Waals surface area contributed by atoms with Crippen molar-refractivity contribution in [3.05, 3.63) is 86.8 Å². The second-order valence-corrected chi connectivity index (χ2v) is 8.28. The molecule has 1 aliphatic rings. The minimum atomic E-state index is 0.792. The summed E-state index contributed by atoms with van der Waals surface area (Å²) in [5, 5.41) is 4.16. The molecule has 5 heteroatoms. The molecule has 0 spiro atoms. The molecule has 0 radical (unpaired) electrons. The van der Waals surface area contributed by atoms with E-state index >= 15 is 0 Å². The van der Waals surface area contributed by atoms with E-state index in [-0.39, 0.29) is 0 Å². The second-order valence-electron chi connectivity index (χ2n) is 6.95. The monoisotopic (exact) mass is 468 g/mol. The van der Waals surface area contributed by atoms with Crippen molar-refractivity contribution in [3.8, 4) is 16.9 Å². The summed E-state index contributed by atoms with van der Waals surface area (Å²) in [4.78, 5) is 4.59. The van der Waals surface area contributed by atoms with Gasteiger partial charge in [0.1, 0.15) is 11.6 Å². The first-order chi connectivity index (χ1) is 14.2. The number of benzene rings is 3. The fourth-order valence-corrected chi connectivity index (χ4v) is 4.37. The van der Waals surface area contributed by atoms with E-state index in [1.54, 1.807) is 7.11 Å². The van der Waals surface area contributed by atoms with Gasteiger partial charge in [-0.15, -0.1) is 0 Å². The van der Waals surface area contributed by atoms with Crippen molar-refractivity contribution in [2.75, 3.05) is 20.2 Å². The predicted octanol–water partition coefficient (Wildman–Crippen LogP) is 5.91. The molecule has 0 amide bonds. The maximum absolute atomic E-state index is 6.59. The highest BCUT2D eigenvalue weighted by Gasteiger charge is 2.16. The molecule has 1 N–H and O–H groups in total. The zero-order chi connectivity index (χ0) is 20.2. The molecular weight excluding hydrogens is 448 g/mol. The smallest absolute Gasteiger partial charge is 0.128 e. The quantitative estimate of drug-likeness (QED) is 0.487. The number of nitrogens with zero attached hydrogens (tertiary/aromatic N) is 1. The third-order valence-electron chi connectivity index (χ3n) is 5.16. The molecule has 4 rings (SSSR count). The van der Waals surface area contributed by atoms with Crippen molar-refractivity contribution in [2.24, 2.45) is 4.99 Å². The van der Waals surface area contributed by atoms with Crippen LogP contribution in [0.25, 0.3) is 11.1 Å². The molecule has 0 unspecified atom stereocenters. The van der Waals surface area contributed by atoms with Crippen LogP contribution in [0.3, 0.4) is 0 Å². The summed E-state index contributed by atoms with van der Waals surface area (Å²) in [5.74, 6) is 1.81. The zero-order valence-corrected chi connectivity index (χ0v) is 18.6. The number of hydrogen-bond donors (Lipinski definition) is 1. The van der Waals surface area contributed by atoms with Crippen LogP contribution < -0.4 is 10.1 Å². The van der Waals surface area contributed by atoms with E-state index in [1.807, 2.05) is 24.3 Å². The van der Waals surface area contributed by atoms with Crippen LogP contribution >= 0.6 is 27.5 Å². The molecule has 3 aromatic rings. The van der Waals surface area contributed by atoms with Gasteiger partial charge >= 0.3 is 0 Å². The van der Waals surface area contributed by atoms with E-state index in [2.05, 4.69) is 62.6 Å². The zero-order valence-electron chi connectivity index (χ0n) is 16.2. The Balaban J connectivity index is 1.65. The number of halogens is 2. The van der Waals surface area contributed by atoms with Crippen molar-refractivity contribution < 1.29 is 4.74 Å². The topological polar surface area (TPSA) is 33.6 Å². The number of rotatable bonds is 6. The SMILES string of the molecule is COc1ccc(-c2ccc(Br)cc2CCc2c(Cl)cccc2C2=NCCN2)cc1. The van der Waals surface area contributed by atoms with Gasteiger partial charge < -0.3 is 10.1 Å². The van der Waals surface area contributed by atoms with Gasteiger partial charge in [0.15, 0.2) is 0 Å². The Morgan fingerprint density at radius 2 is 1.86 bits per heavy atom. The molecule has 0 atom stereocenters. The number of aryl methyl sites for hydroxylation is 1. The molecule has 29 heavy (non-hydrogen) atoms. The second kappa shape index (κ2) is 9.02. The summed E-state index contributed by atoms with van der Waals surface area (Å²) in [6, 6.07) is 20.7. The number of nitrogens with one attached hydrogen (secondary N) is 1. The van der Waals surface area contributed by atoms with Gasteiger partial charge in [-0.2, -0.15) is 0 Å². The molecule has 0 saturated heterocycles. The molecule has 0 saturated carbocycles. The van der Waals surface area contributed by atoms with Gasteiger partial charge in [-0.3, -0.25) is 4.99 Å². The van der Waals surface area contributed by atoms with E-state index in [9.17, 15) is 0 Å². The first-order valence-corrected chi connectivity index (χ1v) is 10.8. The normalized spacial score (nSPS) is 13.1. The number of ether oxygens (including phenoxy) is 1. The van der Waals surface area contributed by atoms with Crippen molar-refractivity contribution >= 4 is 33.4 Å². The van der Waals surface area contributed by atoms with Gasteiger partial charge in [0.2, 0.25) is 0 Å². The summed E-state index contributed by atoms with van der Waals surface area (Å²) in [7, 11) is 1.69. The van der Waals surface area contributed by atoms with Gasteiger partial charge in [0.25, 0.3) is 0 Å². The van der Waals surface area contributed by atoms with E-state index in [0.29, 0.717) is 0 Å². The summed E-state index contributed by atoms with van der Waals surface area (Å²) >= 11 is 10.2. The lowest BCUT2D eigenvalue weighted by Crippen LogP contribution is -2.21. The van der Waals surface area contributed by atoms with Gasteiger partial charge in [0.05, 0.1) is 13.7 Å². The van der Waals surface area contributed by atoms with Crippen LogP contribution in [0.2, 0.25) is 5.02 Å².